The van der Waals surface area contributed by atoms with Crippen LogP contribution in [0.4, 0.5) is 30.7 Å². The van der Waals surface area contributed by atoms with Gasteiger partial charge in [0.1, 0.15) is 5.75 Å². The molecular formula is C10H4F7O2. The normalized spacial score (nSPS) is 13.2. The molecule has 0 bridgehead atoms. The third kappa shape index (κ3) is 2.96. The lowest BCUT2D eigenvalue weighted by molar-refractivity contribution is -0.402. The summed E-state index contributed by atoms with van der Waals surface area (Å²) in [7, 11) is 0. The maximum atomic E-state index is 12.8. The summed E-state index contributed by atoms with van der Waals surface area (Å²) in [5.74, 6) is -7.30. The number of carbonyl (C=O) groups excluding carboxylic acids is 1. The monoisotopic (exact) mass is 289 g/mol. The number of halogens is 7. The van der Waals surface area contributed by atoms with E-state index in [0.29, 0.717) is 12.1 Å². The van der Waals surface area contributed by atoms with Gasteiger partial charge in [-0.25, -0.2) is 0 Å². The van der Waals surface area contributed by atoms with E-state index in [-0.39, 0.29) is 5.56 Å². The van der Waals surface area contributed by atoms with Crippen LogP contribution in [0, 0.1) is 0 Å². The summed E-state index contributed by atoms with van der Waals surface area (Å²) >= 11 is 0. The first kappa shape index (κ1) is 15.3. The second-order valence-electron chi connectivity index (χ2n) is 3.32. The average Bonchev–Trinajstić information content (AvgIpc) is 2.28. The lowest BCUT2D eigenvalue weighted by atomic mass is 10.2. The molecule has 0 aliphatic heterocycles. The molecule has 0 spiro atoms. The Morgan fingerprint density at radius 2 is 1.37 bits per heavy atom. The van der Waals surface area contributed by atoms with E-state index in [1.54, 1.807) is 0 Å². The number of rotatable bonds is 4. The van der Waals surface area contributed by atoms with Crippen LogP contribution in [0.1, 0.15) is 5.56 Å². The van der Waals surface area contributed by atoms with Crippen LogP contribution in [0.15, 0.2) is 24.3 Å². The molecule has 0 saturated heterocycles. The highest BCUT2D eigenvalue weighted by molar-refractivity contribution is 5.75. The lowest BCUT2D eigenvalue weighted by Crippen LogP contribution is -2.55. The molecule has 9 heteroatoms. The van der Waals surface area contributed by atoms with Crippen LogP contribution in [-0.4, -0.2) is 24.5 Å². The fourth-order valence-electron chi connectivity index (χ4n) is 0.968. The maximum Gasteiger partial charge on any atom is 0.474 e. The first-order valence-electron chi connectivity index (χ1n) is 4.51. The van der Waals surface area contributed by atoms with Crippen molar-refractivity contribution in [3.63, 3.8) is 0 Å². The average molecular weight is 289 g/mol. The van der Waals surface area contributed by atoms with E-state index in [9.17, 15) is 35.5 Å². The molecule has 0 amide bonds. The van der Waals surface area contributed by atoms with Crippen LogP contribution in [0.2, 0.25) is 0 Å². The molecule has 0 saturated carbocycles. The number of benzene rings is 1. The van der Waals surface area contributed by atoms with Crippen LogP contribution >= 0.6 is 0 Å². The second kappa shape index (κ2) is 4.71. The van der Waals surface area contributed by atoms with Crippen LogP contribution < -0.4 is 4.74 Å². The second-order valence-corrected chi connectivity index (χ2v) is 3.32. The molecule has 0 atom stereocenters. The molecule has 0 aliphatic carbocycles. The zero-order valence-corrected chi connectivity index (χ0v) is 8.77. The fourth-order valence-corrected chi connectivity index (χ4v) is 0.968. The largest absolute Gasteiger partial charge is 0.474 e. The van der Waals surface area contributed by atoms with E-state index >= 15 is 0 Å². The molecule has 0 aliphatic rings. The molecule has 0 unspecified atom stereocenters. The van der Waals surface area contributed by atoms with Crippen molar-refractivity contribution in [3.8, 4) is 5.75 Å². The first-order chi connectivity index (χ1) is 8.51. The van der Waals surface area contributed by atoms with Gasteiger partial charge < -0.3 is 4.74 Å². The van der Waals surface area contributed by atoms with Crippen molar-refractivity contribution in [2.24, 2.45) is 0 Å². The summed E-state index contributed by atoms with van der Waals surface area (Å²) in [5.41, 5.74) is -0.113. The predicted octanol–water partition coefficient (Wildman–Crippen LogP) is 3.31. The molecule has 1 aromatic carbocycles. The standard InChI is InChI=1S/C10H4F7O2/c11-8(12,9(13,14)15)10(16,17)19-7-3-1-6(5-18)2-4-7/h1-4H. The Kier molecular flexibility index (Phi) is 3.78. The van der Waals surface area contributed by atoms with Crippen molar-refractivity contribution in [3.05, 3.63) is 29.8 Å². The van der Waals surface area contributed by atoms with Crippen LogP contribution in [-0.2, 0) is 4.79 Å². The van der Waals surface area contributed by atoms with Crippen LogP contribution in [0.3, 0.4) is 0 Å². The minimum atomic E-state index is -6.47. The minimum absolute atomic E-state index is 0.113. The third-order valence-corrected chi connectivity index (χ3v) is 1.94. The van der Waals surface area contributed by atoms with Crippen molar-refractivity contribution in [2.75, 3.05) is 0 Å². The summed E-state index contributed by atoms with van der Waals surface area (Å²) in [4.78, 5) is 10.1. The molecule has 0 N–H and O–H groups in total. The van der Waals surface area contributed by atoms with Gasteiger partial charge in [0.05, 0.1) is 0 Å². The van der Waals surface area contributed by atoms with E-state index in [4.69, 9.17) is 0 Å². The van der Waals surface area contributed by atoms with Gasteiger partial charge >= 0.3 is 18.2 Å². The molecule has 0 fully saturated rings. The highest BCUT2D eigenvalue weighted by Gasteiger charge is 2.75. The quantitative estimate of drug-likeness (QED) is 0.795. The van der Waals surface area contributed by atoms with Crippen molar-refractivity contribution in [2.45, 2.75) is 18.2 Å². The van der Waals surface area contributed by atoms with E-state index < -0.39 is 24.0 Å². The number of alkyl halides is 7. The lowest BCUT2D eigenvalue weighted by Gasteiger charge is -2.27. The molecule has 2 nitrogen and oxygen atoms in total. The summed E-state index contributed by atoms with van der Waals surface area (Å²) < 4.78 is 89.3. The summed E-state index contributed by atoms with van der Waals surface area (Å²) in [6, 6.07) is 3.01. The Labute approximate surface area is 101 Å². The van der Waals surface area contributed by atoms with Gasteiger partial charge in [-0.2, -0.15) is 30.7 Å². The van der Waals surface area contributed by atoms with E-state index in [1.165, 1.54) is 6.29 Å². The SMILES string of the molecule is O=[C]c1ccc(OC(F)(F)C(F)(F)C(F)(F)F)cc1. The van der Waals surface area contributed by atoms with E-state index in [0.717, 1.165) is 12.1 Å². The molecular weight excluding hydrogens is 285 g/mol. The van der Waals surface area contributed by atoms with Gasteiger partial charge in [-0.05, 0) is 24.3 Å². The molecule has 0 heterocycles. The van der Waals surface area contributed by atoms with Gasteiger partial charge in [0.15, 0.2) is 0 Å². The Balaban J connectivity index is 2.98. The van der Waals surface area contributed by atoms with Crippen molar-refractivity contribution in [1.82, 2.24) is 0 Å². The van der Waals surface area contributed by atoms with Gasteiger partial charge in [-0.15, -0.1) is 0 Å². The third-order valence-electron chi connectivity index (χ3n) is 1.94. The van der Waals surface area contributed by atoms with Crippen molar-refractivity contribution < 1.29 is 40.3 Å². The zero-order chi connectivity index (χ0) is 14.9. The first-order valence-corrected chi connectivity index (χ1v) is 4.51. The highest BCUT2D eigenvalue weighted by atomic mass is 19.4. The van der Waals surface area contributed by atoms with Crippen LogP contribution in [0.25, 0.3) is 0 Å². The van der Waals surface area contributed by atoms with Crippen molar-refractivity contribution >= 4 is 6.29 Å². The Hall–Kier alpha value is -1.80. The van der Waals surface area contributed by atoms with Crippen LogP contribution in [0.5, 0.6) is 5.75 Å². The van der Waals surface area contributed by atoms with E-state index in [1.807, 2.05) is 0 Å². The smallest absolute Gasteiger partial charge is 0.428 e. The fraction of sp³-hybridized carbons (Fsp3) is 0.300. The maximum absolute atomic E-state index is 12.8. The molecule has 1 rings (SSSR count). The van der Waals surface area contributed by atoms with Gasteiger partial charge in [0, 0.05) is 5.56 Å². The predicted molar refractivity (Wildman–Crippen MR) is 47.8 cm³/mol. The Morgan fingerprint density at radius 3 is 1.74 bits per heavy atom. The Bertz CT molecular complexity index is 450. The van der Waals surface area contributed by atoms with Gasteiger partial charge in [-0.1, -0.05) is 0 Å². The molecule has 0 aromatic heterocycles. The number of ether oxygens (including phenoxy) is 1. The molecule has 1 aromatic rings. The number of hydrogen-bond acceptors (Lipinski definition) is 2. The topological polar surface area (TPSA) is 26.3 Å². The summed E-state index contributed by atoms with van der Waals surface area (Å²) in [5, 5.41) is 0. The van der Waals surface area contributed by atoms with Crippen molar-refractivity contribution in [1.29, 1.82) is 0 Å². The minimum Gasteiger partial charge on any atom is -0.428 e. The molecule has 105 valence electrons. The Morgan fingerprint density at radius 1 is 0.895 bits per heavy atom. The van der Waals surface area contributed by atoms with Gasteiger partial charge in [0.2, 0.25) is 6.29 Å². The summed E-state index contributed by atoms with van der Waals surface area (Å²) in [6.07, 6.45) is -10.9. The summed E-state index contributed by atoms with van der Waals surface area (Å²) in [6.45, 7) is 0. The van der Waals surface area contributed by atoms with Gasteiger partial charge in [0.25, 0.3) is 0 Å². The molecule has 19 heavy (non-hydrogen) atoms. The zero-order valence-electron chi connectivity index (χ0n) is 8.77. The highest BCUT2D eigenvalue weighted by Crippen LogP contribution is 2.47. The van der Waals surface area contributed by atoms with Gasteiger partial charge in [-0.3, -0.25) is 4.79 Å². The molecule has 1 radical (unpaired) electrons. The number of hydrogen-bond donors (Lipinski definition) is 0. The van der Waals surface area contributed by atoms with E-state index in [2.05, 4.69) is 4.74 Å².